The van der Waals surface area contributed by atoms with Crippen LogP contribution in [0.15, 0.2) is 42.5 Å². The molecule has 6 nitrogen and oxygen atoms in total. The van der Waals surface area contributed by atoms with Crippen molar-refractivity contribution in [1.82, 2.24) is 4.90 Å². The Morgan fingerprint density at radius 1 is 1.17 bits per heavy atom. The molecule has 0 aliphatic heterocycles. The quantitative estimate of drug-likeness (QED) is 0.618. The van der Waals surface area contributed by atoms with Crippen LogP contribution in [0, 0.1) is 10.1 Å². The summed E-state index contributed by atoms with van der Waals surface area (Å²) in [7, 11) is 1.78. The van der Waals surface area contributed by atoms with Gasteiger partial charge in [0.05, 0.1) is 11.5 Å². The third-order valence-corrected chi connectivity index (χ3v) is 3.70. The number of carbonyl (C=O) groups is 1. The fourth-order valence-corrected chi connectivity index (χ4v) is 2.45. The van der Waals surface area contributed by atoms with Gasteiger partial charge in [0.2, 0.25) is 5.91 Å². The monoisotopic (exact) mass is 367 g/mol. The van der Waals surface area contributed by atoms with Crippen LogP contribution in [0.3, 0.4) is 0 Å². The van der Waals surface area contributed by atoms with E-state index in [-0.39, 0.29) is 28.8 Å². The highest BCUT2D eigenvalue weighted by atomic mass is 35.5. The van der Waals surface area contributed by atoms with Crippen molar-refractivity contribution in [3.05, 3.63) is 68.2 Å². The number of carbonyl (C=O) groups excluding carboxylic acids is 1. The molecule has 2 aromatic carbocycles. The zero-order valence-electron chi connectivity index (χ0n) is 12.8. The van der Waals surface area contributed by atoms with Crippen molar-refractivity contribution in [3.63, 3.8) is 0 Å². The molecule has 0 heterocycles. The first-order valence-electron chi connectivity index (χ1n) is 7.02. The van der Waals surface area contributed by atoms with Crippen LogP contribution in [-0.4, -0.2) is 29.3 Å². The van der Waals surface area contributed by atoms with E-state index in [1.807, 2.05) is 12.1 Å². The highest BCUT2D eigenvalue weighted by Crippen LogP contribution is 2.27. The number of nitro groups is 1. The number of halogens is 2. The lowest BCUT2D eigenvalue weighted by Crippen LogP contribution is -2.30. The molecular weight excluding hydrogens is 353 g/mol. The maximum absolute atomic E-state index is 12.1. The topological polar surface area (TPSA) is 75.5 Å². The number of likely N-dealkylation sites (N-methyl/N-ethyl adjacent to an activating group) is 1. The minimum Gasteiger partial charge on any atom is -0.319 e. The predicted octanol–water partition coefficient (Wildman–Crippen LogP) is 3.97. The highest BCUT2D eigenvalue weighted by molar-refractivity contribution is 6.31. The summed E-state index contributed by atoms with van der Waals surface area (Å²) in [5.74, 6) is -0.350. The first-order valence-corrected chi connectivity index (χ1v) is 7.77. The van der Waals surface area contributed by atoms with Crippen LogP contribution in [0.25, 0.3) is 0 Å². The molecule has 0 fully saturated rings. The van der Waals surface area contributed by atoms with Gasteiger partial charge in [0.1, 0.15) is 5.69 Å². The minimum absolute atomic E-state index is 0.0857. The van der Waals surface area contributed by atoms with Crippen LogP contribution in [0.5, 0.6) is 0 Å². The third kappa shape index (κ3) is 5.19. The predicted molar refractivity (Wildman–Crippen MR) is 94.5 cm³/mol. The first kappa shape index (κ1) is 18.2. The first-order chi connectivity index (χ1) is 11.3. The standard InChI is InChI=1S/C16H15Cl2N3O3/c1-20(9-11-2-4-12(17)5-3-11)10-16(22)19-14-7-6-13(18)8-15(14)21(23)24/h2-8H,9-10H2,1H3,(H,19,22). The van der Waals surface area contributed by atoms with E-state index in [9.17, 15) is 14.9 Å². The lowest BCUT2D eigenvalue weighted by molar-refractivity contribution is -0.383. The molecule has 0 atom stereocenters. The molecule has 126 valence electrons. The van der Waals surface area contributed by atoms with Crippen molar-refractivity contribution in [1.29, 1.82) is 0 Å². The van der Waals surface area contributed by atoms with E-state index in [1.54, 1.807) is 24.1 Å². The number of hydrogen-bond donors (Lipinski definition) is 1. The molecule has 0 spiro atoms. The average Bonchev–Trinajstić information content (AvgIpc) is 2.51. The number of anilines is 1. The minimum atomic E-state index is -0.584. The van der Waals surface area contributed by atoms with Gasteiger partial charge in [-0.15, -0.1) is 0 Å². The van der Waals surface area contributed by atoms with Gasteiger partial charge in [-0.2, -0.15) is 0 Å². The van der Waals surface area contributed by atoms with E-state index in [0.29, 0.717) is 11.6 Å². The molecule has 0 radical (unpaired) electrons. The molecule has 2 aromatic rings. The Hall–Kier alpha value is -2.15. The van der Waals surface area contributed by atoms with Gasteiger partial charge in [-0.3, -0.25) is 19.8 Å². The van der Waals surface area contributed by atoms with Gasteiger partial charge in [0, 0.05) is 22.7 Å². The SMILES string of the molecule is CN(CC(=O)Nc1ccc(Cl)cc1[N+](=O)[O-])Cc1ccc(Cl)cc1. The Labute approximate surface area is 149 Å². The van der Waals surface area contributed by atoms with Crippen LogP contribution in [0.1, 0.15) is 5.56 Å². The van der Waals surface area contributed by atoms with Crippen molar-refractivity contribution in [2.24, 2.45) is 0 Å². The zero-order valence-corrected chi connectivity index (χ0v) is 14.3. The normalized spacial score (nSPS) is 10.7. The van der Waals surface area contributed by atoms with Gasteiger partial charge in [-0.05, 0) is 36.9 Å². The third-order valence-electron chi connectivity index (χ3n) is 3.21. The largest absolute Gasteiger partial charge is 0.319 e. The fraction of sp³-hybridized carbons (Fsp3) is 0.188. The smallest absolute Gasteiger partial charge is 0.294 e. The lowest BCUT2D eigenvalue weighted by Gasteiger charge is -2.16. The molecule has 0 aliphatic rings. The summed E-state index contributed by atoms with van der Waals surface area (Å²) in [5.41, 5.74) is 0.887. The average molecular weight is 368 g/mol. The van der Waals surface area contributed by atoms with Gasteiger partial charge >= 0.3 is 0 Å². The van der Waals surface area contributed by atoms with E-state index >= 15 is 0 Å². The van der Waals surface area contributed by atoms with E-state index in [2.05, 4.69) is 5.32 Å². The Morgan fingerprint density at radius 2 is 1.79 bits per heavy atom. The summed E-state index contributed by atoms with van der Waals surface area (Å²) in [6.45, 7) is 0.635. The molecule has 0 saturated carbocycles. The van der Waals surface area contributed by atoms with Crippen molar-refractivity contribution in [3.8, 4) is 0 Å². The summed E-state index contributed by atoms with van der Waals surface area (Å²) >= 11 is 11.6. The maximum Gasteiger partial charge on any atom is 0.294 e. The molecule has 1 N–H and O–H groups in total. The second-order valence-corrected chi connectivity index (χ2v) is 6.14. The van der Waals surface area contributed by atoms with Crippen molar-refractivity contribution in [2.45, 2.75) is 6.54 Å². The summed E-state index contributed by atoms with van der Waals surface area (Å²) in [6, 6.07) is 11.4. The zero-order chi connectivity index (χ0) is 17.7. The lowest BCUT2D eigenvalue weighted by atomic mass is 10.2. The number of nitrogens with one attached hydrogen (secondary N) is 1. The van der Waals surface area contributed by atoms with Gasteiger partial charge < -0.3 is 5.32 Å². The van der Waals surface area contributed by atoms with Crippen LogP contribution in [0.4, 0.5) is 11.4 Å². The van der Waals surface area contributed by atoms with Gasteiger partial charge in [-0.25, -0.2) is 0 Å². The molecule has 0 bridgehead atoms. The molecule has 0 aromatic heterocycles. The molecular formula is C16H15Cl2N3O3. The summed E-state index contributed by atoms with van der Waals surface area (Å²) in [4.78, 5) is 24.3. The van der Waals surface area contributed by atoms with Crippen LogP contribution >= 0.6 is 23.2 Å². The van der Waals surface area contributed by atoms with E-state index in [1.165, 1.54) is 18.2 Å². The summed E-state index contributed by atoms with van der Waals surface area (Å²) < 4.78 is 0. The van der Waals surface area contributed by atoms with E-state index < -0.39 is 4.92 Å². The van der Waals surface area contributed by atoms with Gasteiger partial charge in [0.25, 0.3) is 5.69 Å². The molecule has 0 unspecified atom stereocenters. The maximum atomic E-state index is 12.1. The molecule has 2 rings (SSSR count). The van der Waals surface area contributed by atoms with E-state index in [4.69, 9.17) is 23.2 Å². The molecule has 8 heteroatoms. The van der Waals surface area contributed by atoms with Crippen LogP contribution < -0.4 is 5.32 Å². The molecule has 0 saturated heterocycles. The summed E-state index contributed by atoms with van der Waals surface area (Å²) in [6.07, 6.45) is 0. The van der Waals surface area contributed by atoms with Crippen molar-refractivity contribution < 1.29 is 9.72 Å². The Bertz CT molecular complexity index is 751. The Morgan fingerprint density at radius 3 is 2.42 bits per heavy atom. The Balaban J connectivity index is 1.98. The summed E-state index contributed by atoms with van der Waals surface area (Å²) in [5, 5.41) is 14.4. The van der Waals surface area contributed by atoms with Crippen molar-refractivity contribution in [2.75, 3.05) is 18.9 Å². The Kier molecular flexibility index (Phi) is 6.14. The number of hydrogen-bond acceptors (Lipinski definition) is 4. The second-order valence-electron chi connectivity index (χ2n) is 5.27. The van der Waals surface area contributed by atoms with Crippen LogP contribution in [-0.2, 0) is 11.3 Å². The number of amides is 1. The highest BCUT2D eigenvalue weighted by Gasteiger charge is 2.17. The number of benzene rings is 2. The van der Waals surface area contributed by atoms with E-state index in [0.717, 1.165) is 5.56 Å². The second kappa shape index (κ2) is 8.10. The number of nitrogens with zero attached hydrogens (tertiary/aromatic N) is 2. The fourth-order valence-electron chi connectivity index (χ4n) is 2.15. The number of rotatable bonds is 6. The molecule has 1 amide bonds. The van der Waals surface area contributed by atoms with Crippen molar-refractivity contribution >= 4 is 40.5 Å². The van der Waals surface area contributed by atoms with Crippen LogP contribution in [0.2, 0.25) is 10.0 Å². The molecule has 24 heavy (non-hydrogen) atoms. The van der Waals surface area contributed by atoms with Gasteiger partial charge in [0.15, 0.2) is 0 Å². The number of nitro benzene ring substituents is 1. The van der Waals surface area contributed by atoms with Gasteiger partial charge in [-0.1, -0.05) is 35.3 Å². The molecule has 0 aliphatic carbocycles.